The summed E-state index contributed by atoms with van der Waals surface area (Å²) in [6.07, 6.45) is 0.977. The Hall–Kier alpha value is -1.29. The number of hydrogen-bond donors (Lipinski definition) is 1. The molecular weight excluding hydrogens is 312 g/mol. The lowest BCUT2D eigenvalue weighted by Gasteiger charge is -2.14. The molecule has 1 N–H and O–H groups in total. The Morgan fingerprint density at radius 1 is 1.10 bits per heavy atom. The Labute approximate surface area is 133 Å². The molecule has 2 aromatic rings. The molecule has 5 heteroatoms. The van der Waals surface area contributed by atoms with E-state index in [-0.39, 0.29) is 5.82 Å². The fourth-order valence-electron chi connectivity index (χ4n) is 1.88. The highest BCUT2D eigenvalue weighted by molar-refractivity contribution is 6.42. The van der Waals surface area contributed by atoms with E-state index in [0.717, 1.165) is 13.0 Å². The topological polar surface area (TPSA) is 21.3 Å². The van der Waals surface area contributed by atoms with Crippen LogP contribution in [-0.2, 0) is 6.54 Å². The van der Waals surface area contributed by atoms with Gasteiger partial charge in [0.25, 0.3) is 0 Å². The van der Waals surface area contributed by atoms with Gasteiger partial charge >= 0.3 is 0 Å². The second-order valence-electron chi connectivity index (χ2n) is 4.55. The zero-order chi connectivity index (χ0) is 15.2. The van der Waals surface area contributed by atoms with Crippen LogP contribution in [0.25, 0.3) is 0 Å². The van der Waals surface area contributed by atoms with E-state index in [1.807, 2.05) is 0 Å². The van der Waals surface area contributed by atoms with E-state index in [1.54, 1.807) is 30.3 Å². The van der Waals surface area contributed by atoms with E-state index in [9.17, 15) is 4.39 Å². The number of hydrogen-bond acceptors (Lipinski definition) is 2. The first-order chi connectivity index (χ1) is 10.1. The predicted octanol–water partition coefficient (Wildman–Crippen LogP) is 5.42. The van der Waals surface area contributed by atoms with Crippen molar-refractivity contribution in [3.05, 3.63) is 57.8 Å². The van der Waals surface area contributed by atoms with Crippen LogP contribution in [0.5, 0.6) is 11.5 Å². The molecule has 0 saturated carbocycles. The Bertz CT molecular complexity index is 619. The van der Waals surface area contributed by atoms with Crippen molar-refractivity contribution in [2.24, 2.45) is 0 Å². The predicted molar refractivity (Wildman–Crippen MR) is 84.9 cm³/mol. The quantitative estimate of drug-likeness (QED) is 0.715. The van der Waals surface area contributed by atoms with E-state index < -0.39 is 0 Å². The molecule has 0 aliphatic heterocycles. The first kappa shape index (κ1) is 16.1. The van der Waals surface area contributed by atoms with Crippen molar-refractivity contribution < 1.29 is 9.13 Å². The maximum absolute atomic E-state index is 14.0. The number of rotatable bonds is 6. The minimum atomic E-state index is -0.311. The van der Waals surface area contributed by atoms with Crippen molar-refractivity contribution in [2.45, 2.75) is 19.9 Å². The molecule has 0 aliphatic carbocycles. The highest BCUT2D eigenvalue weighted by atomic mass is 35.5. The maximum Gasteiger partial charge on any atom is 0.147 e. The molecule has 21 heavy (non-hydrogen) atoms. The summed E-state index contributed by atoms with van der Waals surface area (Å²) in [5.74, 6) is 0.531. The van der Waals surface area contributed by atoms with Gasteiger partial charge in [0.15, 0.2) is 0 Å². The summed E-state index contributed by atoms with van der Waals surface area (Å²) < 4.78 is 19.7. The Balaban J connectivity index is 2.27. The summed E-state index contributed by atoms with van der Waals surface area (Å²) >= 11 is 12.1. The van der Waals surface area contributed by atoms with E-state index >= 15 is 0 Å². The molecule has 0 saturated heterocycles. The summed E-state index contributed by atoms with van der Waals surface area (Å²) in [7, 11) is 0. The molecule has 0 radical (unpaired) electrons. The van der Waals surface area contributed by atoms with Gasteiger partial charge in [0.1, 0.15) is 22.3 Å². The standard InChI is InChI=1S/C16H16Cl2FNO/c1-2-9-20-10-11-13(19)6-4-7-14(11)21-15-8-3-5-12(17)16(15)18/h3-8,20H,2,9-10H2,1H3. The van der Waals surface area contributed by atoms with Crippen LogP contribution in [0.4, 0.5) is 4.39 Å². The number of nitrogens with one attached hydrogen (secondary N) is 1. The van der Waals surface area contributed by atoms with Crippen LogP contribution in [0.3, 0.4) is 0 Å². The van der Waals surface area contributed by atoms with Gasteiger partial charge in [0, 0.05) is 12.1 Å². The highest BCUT2D eigenvalue weighted by Gasteiger charge is 2.12. The largest absolute Gasteiger partial charge is 0.455 e. The van der Waals surface area contributed by atoms with Crippen LogP contribution < -0.4 is 10.1 Å². The van der Waals surface area contributed by atoms with Gasteiger partial charge < -0.3 is 10.1 Å². The third-order valence-corrected chi connectivity index (χ3v) is 3.74. The summed E-state index contributed by atoms with van der Waals surface area (Å²) in [6.45, 7) is 3.26. The Kier molecular flexibility index (Phi) is 5.85. The van der Waals surface area contributed by atoms with Crippen LogP contribution in [0.15, 0.2) is 36.4 Å². The first-order valence-electron chi connectivity index (χ1n) is 6.73. The van der Waals surface area contributed by atoms with Crippen molar-refractivity contribution in [1.29, 1.82) is 0 Å². The lowest BCUT2D eigenvalue weighted by molar-refractivity contribution is 0.462. The van der Waals surface area contributed by atoms with Crippen molar-refractivity contribution in [3.8, 4) is 11.5 Å². The molecule has 0 bridgehead atoms. The second-order valence-corrected chi connectivity index (χ2v) is 5.33. The molecule has 2 rings (SSSR count). The van der Waals surface area contributed by atoms with Gasteiger partial charge in [-0.1, -0.05) is 42.3 Å². The molecule has 0 aliphatic rings. The number of benzene rings is 2. The lowest BCUT2D eigenvalue weighted by atomic mass is 10.2. The molecule has 112 valence electrons. The molecule has 2 nitrogen and oxygen atoms in total. The van der Waals surface area contributed by atoms with Gasteiger partial charge in [-0.2, -0.15) is 0 Å². The summed E-state index contributed by atoms with van der Waals surface area (Å²) in [5.41, 5.74) is 0.474. The summed E-state index contributed by atoms with van der Waals surface area (Å²) in [6, 6.07) is 9.83. The third kappa shape index (κ3) is 4.10. The smallest absolute Gasteiger partial charge is 0.147 e. The van der Waals surface area contributed by atoms with Crippen molar-refractivity contribution in [2.75, 3.05) is 6.54 Å². The molecule has 0 heterocycles. The number of halogens is 3. The molecule has 0 amide bonds. The third-order valence-electron chi connectivity index (χ3n) is 2.94. The Morgan fingerprint density at radius 2 is 1.81 bits per heavy atom. The fourth-order valence-corrected chi connectivity index (χ4v) is 2.21. The van der Waals surface area contributed by atoms with Crippen molar-refractivity contribution in [3.63, 3.8) is 0 Å². The monoisotopic (exact) mass is 327 g/mol. The maximum atomic E-state index is 14.0. The molecule has 0 unspecified atom stereocenters. The average Bonchev–Trinajstić information content (AvgIpc) is 2.47. The van der Waals surface area contributed by atoms with Gasteiger partial charge in [-0.25, -0.2) is 4.39 Å². The van der Waals surface area contributed by atoms with Gasteiger partial charge in [-0.05, 0) is 37.2 Å². The molecular formula is C16H16Cl2FNO. The first-order valence-corrected chi connectivity index (χ1v) is 7.49. The fraction of sp³-hybridized carbons (Fsp3) is 0.250. The van der Waals surface area contributed by atoms with Gasteiger partial charge in [0.2, 0.25) is 0 Å². The van der Waals surface area contributed by atoms with E-state index in [4.69, 9.17) is 27.9 Å². The van der Waals surface area contributed by atoms with Gasteiger partial charge in [-0.15, -0.1) is 0 Å². The normalized spacial score (nSPS) is 10.7. The van der Waals surface area contributed by atoms with E-state index in [2.05, 4.69) is 12.2 Å². The second kappa shape index (κ2) is 7.64. The molecule has 0 aromatic heterocycles. The van der Waals surface area contributed by atoms with Gasteiger partial charge in [0.05, 0.1) is 5.02 Å². The minimum absolute atomic E-state index is 0.311. The zero-order valence-electron chi connectivity index (χ0n) is 11.6. The number of ether oxygens (including phenoxy) is 1. The van der Waals surface area contributed by atoms with Crippen LogP contribution in [-0.4, -0.2) is 6.54 Å². The van der Waals surface area contributed by atoms with Crippen molar-refractivity contribution >= 4 is 23.2 Å². The van der Waals surface area contributed by atoms with E-state index in [0.29, 0.717) is 33.7 Å². The lowest BCUT2D eigenvalue weighted by Crippen LogP contribution is -2.15. The summed E-state index contributed by atoms with van der Waals surface area (Å²) in [4.78, 5) is 0. The van der Waals surface area contributed by atoms with E-state index in [1.165, 1.54) is 6.07 Å². The van der Waals surface area contributed by atoms with Crippen LogP contribution in [0.2, 0.25) is 10.0 Å². The zero-order valence-corrected chi connectivity index (χ0v) is 13.1. The Morgan fingerprint density at radius 3 is 2.57 bits per heavy atom. The van der Waals surface area contributed by atoms with Crippen LogP contribution in [0.1, 0.15) is 18.9 Å². The molecule has 2 aromatic carbocycles. The van der Waals surface area contributed by atoms with Crippen molar-refractivity contribution in [1.82, 2.24) is 5.32 Å². The molecule has 0 spiro atoms. The molecule has 0 fully saturated rings. The van der Waals surface area contributed by atoms with Gasteiger partial charge in [-0.3, -0.25) is 0 Å². The van der Waals surface area contributed by atoms with Crippen LogP contribution in [0, 0.1) is 5.82 Å². The SMILES string of the molecule is CCCNCc1c(F)cccc1Oc1cccc(Cl)c1Cl. The van der Waals surface area contributed by atoms with Crippen LogP contribution >= 0.6 is 23.2 Å². The highest BCUT2D eigenvalue weighted by Crippen LogP contribution is 2.36. The summed E-state index contributed by atoms with van der Waals surface area (Å²) in [5, 5.41) is 3.88. The average molecular weight is 328 g/mol. The minimum Gasteiger partial charge on any atom is -0.455 e. The molecule has 0 atom stereocenters.